The van der Waals surface area contributed by atoms with Gasteiger partial charge in [-0.25, -0.2) is 5.48 Å². The molecule has 0 spiro atoms. The number of carbonyl (C=O) groups excluding carboxylic acids is 3. The van der Waals surface area contributed by atoms with Crippen molar-refractivity contribution in [1.29, 1.82) is 0 Å². The van der Waals surface area contributed by atoms with Crippen LogP contribution in [0.5, 0.6) is 0 Å². The minimum atomic E-state index is -1.24. The number of hydroxylamine groups is 1. The molecule has 0 aromatic carbocycles. The van der Waals surface area contributed by atoms with Crippen molar-refractivity contribution < 1.29 is 29.5 Å². The minimum Gasteiger partial charge on any atom is -0.480 e. The Labute approximate surface area is 114 Å². The van der Waals surface area contributed by atoms with Gasteiger partial charge in [0.15, 0.2) is 0 Å². The summed E-state index contributed by atoms with van der Waals surface area (Å²) in [6.07, 6.45) is -0.560. The molecule has 0 aromatic heterocycles. The van der Waals surface area contributed by atoms with Gasteiger partial charge in [-0.3, -0.25) is 24.4 Å². The Morgan fingerprint density at radius 2 is 1.70 bits per heavy atom. The second-order valence-electron chi connectivity index (χ2n) is 4.08. The molecule has 0 aliphatic carbocycles. The predicted molar refractivity (Wildman–Crippen MR) is 65.1 cm³/mol. The molecule has 0 aliphatic heterocycles. The van der Waals surface area contributed by atoms with E-state index >= 15 is 0 Å². The number of carboxylic acids is 1. The molecule has 114 valence electrons. The van der Waals surface area contributed by atoms with Gasteiger partial charge in [0, 0.05) is 12.8 Å². The van der Waals surface area contributed by atoms with Gasteiger partial charge in [-0.15, -0.1) is 0 Å². The van der Waals surface area contributed by atoms with E-state index in [-0.39, 0.29) is 25.7 Å². The molecule has 0 saturated heterocycles. The van der Waals surface area contributed by atoms with Gasteiger partial charge in [0.05, 0.1) is 0 Å². The van der Waals surface area contributed by atoms with Crippen LogP contribution in [0.15, 0.2) is 0 Å². The molecule has 0 rings (SSSR count). The first kappa shape index (κ1) is 17.8. The smallest absolute Gasteiger partial charge is 0.320 e. The summed E-state index contributed by atoms with van der Waals surface area (Å²) < 4.78 is 0. The first-order valence-corrected chi connectivity index (χ1v) is 5.78. The fourth-order valence-electron chi connectivity index (χ4n) is 1.31. The lowest BCUT2D eigenvalue weighted by Gasteiger charge is -2.16. The van der Waals surface area contributed by atoms with Gasteiger partial charge in [0.1, 0.15) is 12.1 Å². The number of hydrogen-bond acceptors (Lipinski definition) is 6. The quantitative estimate of drug-likeness (QED) is 0.199. The lowest BCUT2D eigenvalue weighted by atomic mass is 10.1. The van der Waals surface area contributed by atoms with Crippen molar-refractivity contribution in [2.75, 3.05) is 0 Å². The van der Waals surface area contributed by atoms with Crippen LogP contribution in [0, 0.1) is 0 Å². The molecule has 10 heteroatoms. The fourth-order valence-corrected chi connectivity index (χ4v) is 1.31. The van der Waals surface area contributed by atoms with Gasteiger partial charge in [0.25, 0.3) is 5.91 Å². The van der Waals surface area contributed by atoms with Crippen LogP contribution in [0.4, 0.5) is 0 Å². The van der Waals surface area contributed by atoms with Crippen molar-refractivity contribution in [3.63, 3.8) is 0 Å². The van der Waals surface area contributed by atoms with Crippen LogP contribution >= 0.6 is 0 Å². The molecule has 20 heavy (non-hydrogen) atoms. The molecule has 0 heterocycles. The first-order valence-electron chi connectivity index (χ1n) is 5.78. The standard InChI is InChI=1S/C10H18N4O6/c11-5(10(18)19)1-4-8(16)13-6(9(17)14-20)2-3-7(12)15/h5-6,20H,1-4,11H2,(H2,12,15)(H,13,16)(H,14,17)(H,18,19)/t5-,6-/m0/s1. The third-order valence-electron chi connectivity index (χ3n) is 2.44. The van der Waals surface area contributed by atoms with E-state index in [1.165, 1.54) is 5.48 Å². The molecule has 0 fully saturated rings. The van der Waals surface area contributed by atoms with E-state index in [2.05, 4.69) is 5.32 Å². The van der Waals surface area contributed by atoms with E-state index in [1.807, 2.05) is 0 Å². The summed E-state index contributed by atoms with van der Waals surface area (Å²) in [4.78, 5) is 43.9. The Hall–Kier alpha value is -2.20. The van der Waals surface area contributed by atoms with Gasteiger partial charge in [-0.2, -0.15) is 0 Å². The molecule has 0 radical (unpaired) electrons. The molecule has 0 unspecified atom stereocenters. The molecule has 0 aromatic rings. The second kappa shape index (κ2) is 8.82. The van der Waals surface area contributed by atoms with Gasteiger partial charge in [0.2, 0.25) is 11.8 Å². The van der Waals surface area contributed by atoms with E-state index in [0.29, 0.717) is 0 Å². The van der Waals surface area contributed by atoms with E-state index < -0.39 is 35.8 Å². The molecule has 3 amide bonds. The third kappa shape index (κ3) is 7.28. The Morgan fingerprint density at radius 3 is 2.15 bits per heavy atom. The summed E-state index contributed by atoms with van der Waals surface area (Å²) in [5.41, 5.74) is 11.5. The summed E-state index contributed by atoms with van der Waals surface area (Å²) in [7, 11) is 0. The molecular weight excluding hydrogens is 272 g/mol. The molecule has 0 aliphatic rings. The Morgan fingerprint density at radius 1 is 1.10 bits per heavy atom. The highest BCUT2D eigenvalue weighted by atomic mass is 16.5. The van der Waals surface area contributed by atoms with E-state index in [4.69, 9.17) is 21.8 Å². The summed E-state index contributed by atoms with van der Waals surface area (Å²) in [6, 6.07) is -2.32. The van der Waals surface area contributed by atoms with Crippen molar-refractivity contribution in [3.05, 3.63) is 0 Å². The lowest BCUT2D eigenvalue weighted by molar-refractivity contribution is -0.139. The average Bonchev–Trinajstić information content (AvgIpc) is 2.39. The Bertz CT molecular complexity index is 386. The lowest BCUT2D eigenvalue weighted by Crippen LogP contribution is -2.46. The number of nitrogens with two attached hydrogens (primary N) is 2. The number of hydrogen-bond donors (Lipinski definition) is 6. The summed E-state index contributed by atoms with van der Waals surface area (Å²) in [5, 5.41) is 19.3. The van der Waals surface area contributed by atoms with Gasteiger partial charge in [-0.05, 0) is 12.8 Å². The van der Waals surface area contributed by atoms with Crippen molar-refractivity contribution in [2.45, 2.75) is 37.8 Å². The van der Waals surface area contributed by atoms with Crippen LogP contribution in [-0.4, -0.2) is 46.1 Å². The number of primary amides is 1. The van der Waals surface area contributed by atoms with E-state index in [1.54, 1.807) is 0 Å². The SMILES string of the molecule is NC(=O)CC[C@H](NC(=O)CC[C@H](N)C(=O)O)C(=O)NO. The maximum atomic E-state index is 11.5. The zero-order valence-corrected chi connectivity index (χ0v) is 10.7. The van der Waals surface area contributed by atoms with Crippen LogP contribution in [0.3, 0.4) is 0 Å². The predicted octanol–water partition coefficient (Wildman–Crippen LogP) is -2.57. The first-order chi connectivity index (χ1) is 9.27. The van der Waals surface area contributed by atoms with Gasteiger partial charge in [-0.1, -0.05) is 0 Å². The van der Waals surface area contributed by atoms with Crippen molar-refractivity contribution in [3.8, 4) is 0 Å². The maximum absolute atomic E-state index is 11.5. The number of amides is 3. The van der Waals surface area contributed by atoms with Crippen molar-refractivity contribution in [1.82, 2.24) is 10.8 Å². The highest BCUT2D eigenvalue weighted by Gasteiger charge is 2.21. The number of rotatable bonds is 9. The third-order valence-corrected chi connectivity index (χ3v) is 2.44. The number of carboxylic acid groups (broad SMARTS) is 1. The zero-order chi connectivity index (χ0) is 15.7. The minimum absolute atomic E-state index is 0.0849. The Kier molecular flexibility index (Phi) is 7.85. The van der Waals surface area contributed by atoms with Crippen molar-refractivity contribution >= 4 is 23.7 Å². The highest BCUT2D eigenvalue weighted by Crippen LogP contribution is 2.00. The molecular formula is C10H18N4O6. The summed E-state index contributed by atoms with van der Waals surface area (Å²) in [6.45, 7) is 0. The van der Waals surface area contributed by atoms with Crippen LogP contribution in [0.2, 0.25) is 0 Å². The van der Waals surface area contributed by atoms with Crippen LogP contribution in [0.1, 0.15) is 25.7 Å². The highest BCUT2D eigenvalue weighted by molar-refractivity contribution is 5.87. The fraction of sp³-hybridized carbons (Fsp3) is 0.600. The normalized spacial score (nSPS) is 13.1. The second-order valence-corrected chi connectivity index (χ2v) is 4.08. The summed E-state index contributed by atoms with van der Waals surface area (Å²) >= 11 is 0. The average molecular weight is 290 g/mol. The topological polar surface area (TPSA) is 185 Å². The monoisotopic (exact) mass is 290 g/mol. The van der Waals surface area contributed by atoms with Crippen LogP contribution < -0.4 is 22.3 Å². The summed E-state index contributed by atoms with van der Waals surface area (Å²) in [5.74, 6) is -3.43. The van der Waals surface area contributed by atoms with E-state index in [0.717, 1.165) is 0 Å². The largest absolute Gasteiger partial charge is 0.480 e. The number of nitrogens with one attached hydrogen (secondary N) is 2. The van der Waals surface area contributed by atoms with Gasteiger partial charge < -0.3 is 21.9 Å². The zero-order valence-electron chi connectivity index (χ0n) is 10.7. The number of aliphatic carboxylic acids is 1. The molecule has 10 nitrogen and oxygen atoms in total. The number of carbonyl (C=O) groups is 4. The van der Waals surface area contributed by atoms with Crippen LogP contribution in [-0.2, 0) is 19.2 Å². The van der Waals surface area contributed by atoms with E-state index in [9.17, 15) is 19.2 Å². The molecule has 0 saturated carbocycles. The van der Waals surface area contributed by atoms with Crippen molar-refractivity contribution in [2.24, 2.45) is 11.5 Å². The van der Waals surface area contributed by atoms with Crippen LogP contribution in [0.25, 0.3) is 0 Å². The van der Waals surface area contributed by atoms with Gasteiger partial charge >= 0.3 is 5.97 Å². The Balaban J connectivity index is 4.34. The molecule has 2 atom stereocenters. The maximum Gasteiger partial charge on any atom is 0.320 e. The molecule has 0 bridgehead atoms. The molecule has 8 N–H and O–H groups in total.